The molecule has 0 atom stereocenters. The van der Waals surface area contributed by atoms with Crippen molar-refractivity contribution in [3.8, 4) is 0 Å². The topological polar surface area (TPSA) is 57.6 Å². The predicted octanol–water partition coefficient (Wildman–Crippen LogP) is 4.85. The van der Waals surface area contributed by atoms with Crippen molar-refractivity contribution in [2.45, 2.75) is 19.3 Å². The van der Waals surface area contributed by atoms with Crippen LogP contribution >= 0.6 is 34.5 Å². The second-order valence-electron chi connectivity index (χ2n) is 6.14. The van der Waals surface area contributed by atoms with Gasteiger partial charge in [-0.2, -0.15) is 0 Å². The zero-order valence-electron chi connectivity index (χ0n) is 13.4. The van der Waals surface area contributed by atoms with Crippen LogP contribution in [0.2, 0.25) is 8.67 Å². The van der Waals surface area contributed by atoms with E-state index in [1.165, 1.54) is 11.3 Å². The van der Waals surface area contributed by atoms with Crippen LogP contribution in [0.5, 0.6) is 0 Å². The van der Waals surface area contributed by atoms with Gasteiger partial charge in [0.05, 0.1) is 15.5 Å². The summed E-state index contributed by atoms with van der Waals surface area (Å²) in [6.45, 7) is 1.28. The molecule has 1 saturated heterocycles. The van der Waals surface area contributed by atoms with E-state index in [1.54, 1.807) is 23.1 Å². The summed E-state index contributed by atoms with van der Waals surface area (Å²) in [4.78, 5) is 25.7. The Morgan fingerprint density at radius 2 is 1.84 bits per heavy atom. The molecule has 1 fully saturated rings. The van der Waals surface area contributed by atoms with Gasteiger partial charge in [0.1, 0.15) is 4.34 Å². The molecule has 2 aromatic rings. The van der Waals surface area contributed by atoms with E-state index in [4.69, 9.17) is 23.2 Å². The monoisotopic (exact) mass is 397 g/mol. The highest BCUT2D eigenvalue weighted by molar-refractivity contribution is 7.20. The third-order valence-corrected chi connectivity index (χ3v) is 6.03. The molecular weight excluding hydrogens is 381 g/mol. The number of amides is 1. The first-order valence-corrected chi connectivity index (χ1v) is 9.58. The molecule has 1 amide bonds. The number of nitrogens with zero attached hydrogens (tertiary/aromatic N) is 1. The lowest BCUT2D eigenvalue weighted by molar-refractivity contribution is 0.0691. The summed E-state index contributed by atoms with van der Waals surface area (Å²) in [6.07, 6.45) is 2.40. The molecular formula is C18H17Cl2NO3S. The molecule has 4 nitrogen and oxygen atoms in total. The van der Waals surface area contributed by atoms with Gasteiger partial charge in [-0.15, -0.1) is 11.3 Å². The van der Waals surface area contributed by atoms with Crippen molar-refractivity contribution in [3.05, 3.63) is 55.7 Å². The maximum atomic E-state index is 12.6. The number of halogens is 2. The van der Waals surface area contributed by atoms with Crippen LogP contribution in [0.1, 0.15) is 39.1 Å². The van der Waals surface area contributed by atoms with Crippen molar-refractivity contribution in [1.29, 1.82) is 0 Å². The molecule has 0 unspecified atom stereocenters. The van der Waals surface area contributed by atoms with Gasteiger partial charge in [0.25, 0.3) is 5.91 Å². The summed E-state index contributed by atoms with van der Waals surface area (Å²) >= 11 is 13.2. The Labute approximate surface area is 160 Å². The number of carbonyl (C=O) groups is 2. The van der Waals surface area contributed by atoms with E-state index >= 15 is 0 Å². The maximum absolute atomic E-state index is 12.6. The van der Waals surface area contributed by atoms with Crippen LogP contribution in [0.25, 0.3) is 0 Å². The summed E-state index contributed by atoms with van der Waals surface area (Å²) in [7, 11) is 0. The van der Waals surface area contributed by atoms with Crippen LogP contribution < -0.4 is 0 Å². The van der Waals surface area contributed by atoms with E-state index < -0.39 is 5.97 Å². The van der Waals surface area contributed by atoms with E-state index in [1.807, 2.05) is 12.1 Å². The van der Waals surface area contributed by atoms with Crippen molar-refractivity contribution in [1.82, 2.24) is 4.90 Å². The first-order chi connectivity index (χ1) is 12.0. The minimum absolute atomic E-state index is 0.0856. The largest absolute Gasteiger partial charge is 0.478 e. The molecule has 0 spiro atoms. The van der Waals surface area contributed by atoms with E-state index in [0.29, 0.717) is 38.8 Å². The van der Waals surface area contributed by atoms with E-state index in [2.05, 4.69) is 0 Å². The van der Waals surface area contributed by atoms with Crippen molar-refractivity contribution in [2.24, 2.45) is 5.92 Å². The molecule has 3 rings (SSSR count). The first-order valence-electron chi connectivity index (χ1n) is 8.01. The van der Waals surface area contributed by atoms with E-state index in [9.17, 15) is 14.7 Å². The fraction of sp³-hybridized carbons (Fsp3) is 0.333. The van der Waals surface area contributed by atoms with E-state index in [0.717, 1.165) is 24.8 Å². The predicted molar refractivity (Wildman–Crippen MR) is 100 cm³/mol. The van der Waals surface area contributed by atoms with E-state index in [-0.39, 0.29) is 5.91 Å². The van der Waals surface area contributed by atoms with Gasteiger partial charge in [-0.3, -0.25) is 4.79 Å². The van der Waals surface area contributed by atoms with Gasteiger partial charge in [0.15, 0.2) is 0 Å². The SMILES string of the molecule is O=C(O)c1ccccc1CC1CCN(C(=O)c2cc(Cl)sc2Cl)CC1. The lowest BCUT2D eigenvalue weighted by atomic mass is 9.88. The highest BCUT2D eigenvalue weighted by atomic mass is 35.5. The Hall–Kier alpha value is -1.56. The van der Waals surface area contributed by atoms with Crippen LogP contribution in [-0.2, 0) is 6.42 Å². The van der Waals surface area contributed by atoms with Gasteiger partial charge in [-0.05, 0) is 42.9 Å². The number of carbonyl (C=O) groups excluding carboxylic acids is 1. The van der Waals surface area contributed by atoms with Gasteiger partial charge in [0.2, 0.25) is 0 Å². The van der Waals surface area contributed by atoms with Gasteiger partial charge < -0.3 is 10.0 Å². The van der Waals surface area contributed by atoms with Gasteiger partial charge in [-0.1, -0.05) is 41.4 Å². The summed E-state index contributed by atoms with van der Waals surface area (Å²) in [6, 6.07) is 8.73. The molecule has 1 aromatic carbocycles. The number of thiophene rings is 1. The van der Waals surface area contributed by atoms with Crippen LogP contribution in [0, 0.1) is 5.92 Å². The van der Waals surface area contributed by atoms with Crippen LogP contribution in [-0.4, -0.2) is 35.0 Å². The molecule has 0 radical (unpaired) electrons. The lowest BCUT2D eigenvalue weighted by Gasteiger charge is -2.32. The summed E-state index contributed by atoms with van der Waals surface area (Å²) in [5, 5.41) is 9.29. The molecule has 7 heteroatoms. The van der Waals surface area contributed by atoms with Crippen molar-refractivity contribution >= 4 is 46.4 Å². The Bertz CT molecular complexity index is 797. The first kappa shape index (κ1) is 18.2. The third kappa shape index (κ3) is 4.17. The summed E-state index contributed by atoms with van der Waals surface area (Å²) in [5.74, 6) is -0.615. The second kappa shape index (κ2) is 7.77. The number of hydrogen-bond donors (Lipinski definition) is 1. The van der Waals surface area contributed by atoms with Crippen LogP contribution in [0.4, 0.5) is 0 Å². The van der Waals surface area contributed by atoms with Crippen molar-refractivity contribution in [2.75, 3.05) is 13.1 Å². The van der Waals surface area contributed by atoms with Crippen molar-refractivity contribution in [3.63, 3.8) is 0 Å². The zero-order chi connectivity index (χ0) is 18.0. The van der Waals surface area contributed by atoms with Crippen molar-refractivity contribution < 1.29 is 14.7 Å². The zero-order valence-corrected chi connectivity index (χ0v) is 15.7. The highest BCUT2D eigenvalue weighted by Crippen LogP contribution is 2.33. The number of hydrogen-bond acceptors (Lipinski definition) is 3. The Morgan fingerprint density at radius 1 is 1.16 bits per heavy atom. The summed E-state index contributed by atoms with van der Waals surface area (Å²) in [5.41, 5.74) is 1.68. The Kier molecular flexibility index (Phi) is 5.67. The minimum Gasteiger partial charge on any atom is -0.478 e. The number of aromatic carboxylic acids is 1. The molecule has 132 valence electrons. The fourth-order valence-corrected chi connectivity index (χ4v) is 4.66. The molecule has 1 aromatic heterocycles. The number of carboxylic acids is 1. The van der Waals surface area contributed by atoms with Gasteiger partial charge in [0, 0.05) is 13.1 Å². The molecule has 1 N–H and O–H groups in total. The lowest BCUT2D eigenvalue weighted by Crippen LogP contribution is -2.38. The number of rotatable bonds is 4. The number of piperidine rings is 1. The molecule has 25 heavy (non-hydrogen) atoms. The fourth-order valence-electron chi connectivity index (χ4n) is 3.21. The Balaban J connectivity index is 1.62. The third-order valence-electron chi connectivity index (χ3n) is 4.55. The molecule has 0 aliphatic carbocycles. The summed E-state index contributed by atoms with van der Waals surface area (Å²) < 4.78 is 0.932. The Morgan fingerprint density at radius 3 is 2.44 bits per heavy atom. The molecule has 1 aliphatic heterocycles. The molecule has 0 bridgehead atoms. The minimum atomic E-state index is -0.896. The number of benzene rings is 1. The van der Waals surface area contributed by atoms with Gasteiger partial charge in [-0.25, -0.2) is 4.79 Å². The quantitative estimate of drug-likeness (QED) is 0.801. The molecule has 1 aliphatic rings. The van der Waals surface area contributed by atoms with Crippen LogP contribution in [0.15, 0.2) is 30.3 Å². The highest BCUT2D eigenvalue weighted by Gasteiger charge is 2.26. The van der Waals surface area contributed by atoms with Gasteiger partial charge >= 0.3 is 5.97 Å². The smallest absolute Gasteiger partial charge is 0.335 e. The molecule has 0 saturated carbocycles. The number of likely N-dealkylation sites (tertiary alicyclic amines) is 1. The molecule has 2 heterocycles. The maximum Gasteiger partial charge on any atom is 0.335 e. The number of carboxylic acid groups (broad SMARTS) is 1. The average Bonchev–Trinajstić information content (AvgIpc) is 2.93. The standard InChI is InChI=1S/C18H17Cl2NO3S/c19-15-10-14(16(20)25-15)17(22)21-7-5-11(6-8-21)9-12-3-1-2-4-13(12)18(23)24/h1-4,10-11H,5-9H2,(H,23,24). The second-order valence-corrected chi connectivity index (χ2v) is 8.43. The normalized spacial score (nSPS) is 15.4. The average molecular weight is 398 g/mol. The van der Waals surface area contributed by atoms with Crippen LogP contribution in [0.3, 0.4) is 0 Å².